The Bertz CT molecular complexity index is 180. The molecule has 76 valence electrons. The van der Waals surface area contributed by atoms with Crippen molar-refractivity contribution in [1.29, 1.82) is 0 Å². The molecule has 0 saturated carbocycles. The minimum atomic E-state index is -0.308. The molecule has 3 atom stereocenters. The van der Waals surface area contributed by atoms with Crippen LogP contribution in [0.15, 0.2) is 12.7 Å². The molecule has 0 saturated heterocycles. The van der Waals surface area contributed by atoms with Crippen molar-refractivity contribution in [3.05, 3.63) is 12.7 Å². The Morgan fingerprint density at radius 3 is 2.46 bits per heavy atom. The molecule has 0 spiro atoms. The van der Waals surface area contributed by atoms with Crippen LogP contribution in [0, 0.1) is 5.92 Å². The van der Waals surface area contributed by atoms with Crippen molar-refractivity contribution in [2.45, 2.75) is 39.3 Å². The third kappa shape index (κ3) is 4.68. The lowest BCUT2D eigenvalue weighted by Crippen LogP contribution is -2.45. The quantitative estimate of drug-likeness (QED) is 0.606. The van der Waals surface area contributed by atoms with Gasteiger partial charge in [-0.1, -0.05) is 13.0 Å². The molecule has 0 aromatic rings. The van der Waals surface area contributed by atoms with Crippen molar-refractivity contribution in [2.24, 2.45) is 11.7 Å². The molecule has 0 aromatic carbocycles. The zero-order valence-electron chi connectivity index (χ0n) is 8.71. The normalized spacial score (nSPS) is 17.5. The van der Waals surface area contributed by atoms with Gasteiger partial charge in [-0.15, -0.1) is 6.58 Å². The topological polar surface area (TPSA) is 55.1 Å². The van der Waals surface area contributed by atoms with Gasteiger partial charge in [0.25, 0.3) is 0 Å². The van der Waals surface area contributed by atoms with E-state index in [0.717, 1.165) is 6.42 Å². The minimum Gasteiger partial charge on any atom is -0.368 e. The number of hydrogen-bond acceptors (Lipinski definition) is 2. The Labute approximate surface area is 80.4 Å². The van der Waals surface area contributed by atoms with Crippen molar-refractivity contribution in [3.63, 3.8) is 0 Å². The maximum atomic E-state index is 10.8. The fourth-order valence-corrected chi connectivity index (χ4v) is 1.11. The van der Waals surface area contributed by atoms with Crippen LogP contribution in [0.2, 0.25) is 0 Å². The van der Waals surface area contributed by atoms with Gasteiger partial charge < -0.3 is 11.1 Å². The molecule has 13 heavy (non-hydrogen) atoms. The van der Waals surface area contributed by atoms with E-state index in [2.05, 4.69) is 18.8 Å². The second kappa shape index (κ2) is 5.75. The van der Waals surface area contributed by atoms with Crippen molar-refractivity contribution in [2.75, 3.05) is 0 Å². The first-order valence-corrected chi connectivity index (χ1v) is 4.65. The van der Waals surface area contributed by atoms with E-state index in [1.54, 1.807) is 6.92 Å². The van der Waals surface area contributed by atoms with E-state index >= 15 is 0 Å². The second-order valence-corrected chi connectivity index (χ2v) is 3.58. The van der Waals surface area contributed by atoms with Gasteiger partial charge in [-0.25, -0.2) is 0 Å². The lowest BCUT2D eigenvalue weighted by atomic mass is 9.99. The van der Waals surface area contributed by atoms with Gasteiger partial charge in [0.05, 0.1) is 6.04 Å². The molecule has 3 unspecified atom stereocenters. The first-order valence-electron chi connectivity index (χ1n) is 4.65. The smallest absolute Gasteiger partial charge is 0.234 e. The molecule has 0 radical (unpaired) electrons. The molecule has 3 N–H and O–H groups in total. The van der Waals surface area contributed by atoms with Crippen LogP contribution >= 0.6 is 0 Å². The van der Waals surface area contributed by atoms with Gasteiger partial charge >= 0.3 is 0 Å². The third-order valence-corrected chi connectivity index (χ3v) is 2.33. The summed E-state index contributed by atoms with van der Waals surface area (Å²) in [5.74, 6) is 0.164. The highest BCUT2D eigenvalue weighted by Gasteiger charge is 2.15. The van der Waals surface area contributed by atoms with Gasteiger partial charge in [0.15, 0.2) is 0 Å². The summed E-state index contributed by atoms with van der Waals surface area (Å²) in [6.07, 6.45) is 2.83. The van der Waals surface area contributed by atoms with E-state index < -0.39 is 0 Å². The number of rotatable bonds is 6. The molecule has 1 amide bonds. The molecule has 0 fully saturated rings. The Morgan fingerprint density at radius 2 is 2.08 bits per heavy atom. The molecular weight excluding hydrogens is 164 g/mol. The predicted molar refractivity (Wildman–Crippen MR) is 55.2 cm³/mol. The van der Waals surface area contributed by atoms with E-state index in [1.165, 1.54) is 0 Å². The minimum absolute atomic E-state index is 0.262. The number of primary amides is 1. The zero-order valence-corrected chi connectivity index (χ0v) is 8.71. The Morgan fingerprint density at radius 1 is 1.54 bits per heavy atom. The number of nitrogens with one attached hydrogen (secondary N) is 1. The van der Waals surface area contributed by atoms with Crippen LogP contribution in [0.3, 0.4) is 0 Å². The van der Waals surface area contributed by atoms with E-state index in [0.29, 0.717) is 5.92 Å². The van der Waals surface area contributed by atoms with Gasteiger partial charge in [0, 0.05) is 6.04 Å². The Balaban J connectivity index is 3.90. The number of hydrogen-bond donors (Lipinski definition) is 2. The van der Waals surface area contributed by atoms with Crippen molar-refractivity contribution >= 4 is 5.91 Å². The van der Waals surface area contributed by atoms with Gasteiger partial charge in [-0.05, 0) is 26.2 Å². The van der Waals surface area contributed by atoms with Crippen LogP contribution in [-0.4, -0.2) is 18.0 Å². The standard InChI is InChI=1S/C10H20N2O/c1-5-6-7(2)8(3)12-9(4)10(11)13/h5,7-9,12H,1,6H2,2-4H3,(H2,11,13). The molecule has 0 aromatic heterocycles. The predicted octanol–water partition coefficient (Wildman–Crippen LogP) is 1.05. The lowest BCUT2D eigenvalue weighted by molar-refractivity contribution is -0.119. The van der Waals surface area contributed by atoms with Crippen molar-refractivity contribution < 1.29 is 4.79 Å². The molecule has 0 bridgehead atoms. The number of carbonyl (C=O) groups excluding carboxylic acids is 1. The summed E-state index contributed by atoms with van der Waals surface area (Å²) in [5, 5.41) is 3.14. The molecular formula is C10H20N2O. The molecule has 0 rings (SSSR count). The zero-order chi connectivity index (χ0) is 10.4. The summed E-state index contributed by atoms with van der Waals surface area (Å²) in [6.45, 7) is 9.62. The highest BCUT2D eigenvalue weighted by molar-refractivity contribution is 5.79. The maximum absolute atomic E-state index is 10.8. The van der Waals surface area contributed by atoms with Crippen LogP contribution in [0.25, 0.3) is 0 Å². The first kappa shape index (κ1) is 12.2. The number of carbonyl (C=O) groups is 1. The van der Waals surface area contributed by atoms with Crippen LogP contribution in [0.5, 0.6) is 0 Å². The molecule has 0 aliphatic heterocycles. The number of amides is 1. The summed E-state index contributed by atoms with van der Waals surface area (Å²) >= 11 is 0. The van der Waals surface area contributed by atoms with E-state index in [1.807, 2.05) is 13.0 Å². The molecule has 3 heteroatoms. The van der Waals surface area contributed by atoms with Crippen LogP contribution in [-0.2, 0) is 4.79 Å². The highest BCUT2D eigenvalue weighted by atomic mass is 16.1. The monoisotopic (exact) mass is 184 g/mol. The van der Waals surface area contributed by atoms with Crippen molar-refractivity contribution in [3.8, 4) is 0 Å². The van der Waals surface area contributed by atoms with E-state index in [4.69, 9.17) is 5.73 Å². The molecule has 0 aliphatic rings. The van der Waals surface area contributed by atoms with Gasteiger partial charge in [0.1, 0.15) is 0 Å². The lowest BCUT2D eigenvalue weighted by Gasteiger charge is -2.22. The molecule has 0 aliphatic carbocycles. The van der Waals surface area contributed by atoms with Crippen LogP contribution in [0.4, 0.5) is 0 Å². The fraction of sp³-hybridized carbons (Fsp3) is 0.700. The third-order valence-electron chi connectivity index (χ3n) is 2.33. The fourth-order valence-electron chi connectivity index (χ4n) is 1.11. The average Bonchev–Trinajstić information content (AvgIpc) is 2.04. The van der Waals surface area contributed by atoms with Crippen LogP contribution in [0.1, 0.15) is 27.2 Å². The summed E-state index contributed by atoms with van der Waals surface area (Å²) in [4.78, 5) is 10.8. The van der Waals surface area contributed by atoms with Gasteiger partial charge in [-0.3, -0.25) is 4.79 Å². The average molecular weight is 184 g/mol. The second-order valence-electron chi connectivity index (χ2n) is 3.58. The number of allylic oxidation sites excluding steroid dienone is 1. The SMILES string of the molecule is C=CCC(C)C(C)NC(C)C(N)=O. The largest absolute Gasteiger partial charge is 0.368 e. The van der Waals surface area contributed by atoms with E-state index in [9.17, 15) is 4.79 Å². The summed E-state index contributed by atoms with van der Waals surface area (Å²) < 4.78 is 0. The van der Waals surface area contributed by atoms with E-state index in [-0.39, 0.29) is 18.0 Å². The summed E-state index contributed by atoms with van der Waals surface area (Å²) in [5.41, 5.74) is 5.14. The van der Waals surface area contributed by atoms with Crippen molar-refractivity contribution in [1.82, 2.24) is 5.32 Å². The summed E-state index contributed by atoms with van der Waals surface area (Å²) in [6, 6.07) is 0.0164. The van der Waals surface area contributed by atoms with Gasteiger partial charge in [-0.2, -0.15) is 0 Å². The highest BCUT2D eigenvalue weighted by Crippen LogP contribution is 2.08. The molecule has 0 heterocycles. The Kier molecular flexibility index (Phi) is 5.39. The summed E-state index contributed by atoms with van der Waals surface area (Å²) in [7, 11) is 0. The molecule has 3 nitrogen and oxygen atoms in total. The Hall–Kier alpha value is -0.830. The first-order chi connectivity index (χ1) is 5.99. The van der Waals surface area contributed by atoms with Crippen LogP contribution < -0.4 is 11.1 Å². The maximum Gasteiger partial charge on any atom is 0.234 e. The number of nitrogens with two attached hydrogens (primary N) is 1. The van der Waals surface area contributed by atoms with Gasteiger partial charge in [0.2, 0.25) is 5.91 Å².